The third-order valence-electron chi connectivity index (χ3n) is 2.65. The van der Waals surface area contributed by atoms with Gasteiger partial charge in [0.05, 0.1) is 6.42 Å². The predicted molar refractivity (Wildman–Crippen MR) is 65.8 cm³/mol. The molecule has 1 heterocycles. The van der Waals surface area contributed by atoms with Gasteiger partial charge < -0.3 is 10.0 Å². The normalized spacial score (nSPS) is 10.2. The van der Waals surface area contributed by atoms with Crippen LogP contribution in [0.5, 0.6) is 0 Å². The number of hydrogen-bond donors (Lipinski definition) is 1. The average molecular weight is 269 g/mol. The van der Waals surface area contributed by atoms with E-state index in [2.05, 4.69) is 0 Å². The van der Waals surface area contributed by atoms with Crippen LogP contribution in [0.25, 0.3) is 0 Å². The number of carboxylic acid groups (broad SMARTS) is 1. The van der Waals surface area contributed by atoms with Crippen LogP contribution in [0.2, 0.25) is 0 Å². The lowest BCUT2D eigenvalue weighted by Crippen LogP contribution is -2.41. The number of aliphatic carboxylic acids is 1. The molecule has 0 aromatic carbocycles. The summed E-state index contributed by atoms with van der Waals surface area (Å²) in [4.78, 5) is 46.2. The van der Waals surface area contributed by atoms with Crippen molar-refractivity contribution in [1.29, 1.82) is 0 Å². The van der Waals surface area contributed by atoms with Crippen LogP contribution in [-0.2, 0) is 23.2 Å². The zero-order valence-electron chi connectivity index (χ0n) is 10.7. The minimum atomic E-state index is -1.00. The maximum Gasteiger partial charge on any atom is 0.331 e. The molecule has 0 unspecified atom stereocenters. The molecule has 1 aromatic rings. The van der Waals surface area contributed by atoms with E-state index in [1.165, 1.54) is 31.3 Å². The highest BCUT2D eigenvalue weighted by molar-refractivity contribution is 5.76. The topological polar surface area (TPSA) is 102 Å². The van der Waals surface area contributed by atoms with Crippen molar-refractivity contribution in [2.75, 3.05) is 13.6 Å². The molecular weight excluding hydrogens is 254 g/mol. The molecule has 0 atom stereocenters. The van der Waals surface area contributed by atoms with E-state index < -0.39 is 23.1 Å². The van der Waals surface area contributed by atoms with Crippen molar-refractivity contribution in [2.24, 2.45) is 7.05 Å². The van der Waals surface area contributed by atoms with Crippen LogP contribution in [0.15, 0.2) is 21.9 Å². The van der Waals surface area contributed by atoms with Crippen LogP contribution in [0, 0.1) is 0 Å². The molecule has 0 saturated carbocycles. The Morgan fingerprint density at radius 3 is 2.58 bits per heavy atom. The molecular formula is C11H15N3O5. The van der Waals surface area contributed by atoms with E-state index in [1.807, 2.05) is 0 Å². The highest BCUT2D eigenvalue weighted by atomic mass is 16.4. The summed E-state index contributed by atoms with van der Waals surface area (Å²) >= 11 is 0. The third kappa shape index (κ3) is 3.80. The molecule has 8 nitrogen and oxygen atoms in total. The summed E-state index contributed by atoms with van der Waals surface area (Å²) in [5, 5.41) is 8.51. The summed E-state index contributed by atoms with van der Waals surface area (Å²) in [5.74, 6) is -1.40. The number of amides is 1. The molecule has 1 rings (SSSR count). The Kier molecular flexibility index (Phi) is 4.62. The zero-order valence-corrected chi connectivity index (χ0v) is 10.7. The average Bonchev–Trinajstić information content (AvgIpc) is 2.36. The number of hydrogen-bond acceptors (Lipinski definition) is 4. The molecule has 0 aliphatic rings. The van der Waals surface area contributed by atoms with Gasteiger partial charge in [-0.1, -0.05) is 0 Å². The number of likely N-dealkylation sites (N-methyl/N-ethyl adjacent to an activating group) is 1. The Labute approximate surface area is 108 Å². The van der Waals surface area contributed by atoms with Crippen LogP contribution >= 0.6 is 0 Å². The summed E-state index contributed by atoms with van der Waals surface area (Å²) in [6.45, 7) is -0.169. The second-order valence-electron chi connectivity index (χ2n) is 4.08. The highest BCUT2D eigenvalue weighted by Crippen LogP contribution is 1.91. The van der Waals surface area contributed by atoms with E-state index in [9.17, 15) is 19.2 Å². The lowest BCUT2D eigenvalue weighted by atomic mass is 10.4. The maximum absolute atomic E-state index is 11.8. The van der Waals surface area contributed by atoms with Crippen molar-refractivity contribution in [3.8, 4) is 0 Å². The van der Waals surface area contributed by atoms with Gasteiger partial charge in [-0.05, 0) is 0 Å². The monoisotopic (exact) mass is 269 g/mol. The van der Waals surface area contributed by atoms with Crippen molar-refractivity contribution >= 4 is 11.9 Å². The minimum Gasteiger partial charge on any atom is -0.481 e. The van der Waals surface area contributed by atoms with Gasteiger partial charge in [0.2, 0.25) is 5.91 Å². The van der Waals surface area contributed by atoms with Crippen LogP contribution in [0.3, 0.4) is 0 Å². The molecule has 0 aliphatic carbocycles. The van der Waals surface area contributed by atoms with Crippen LogP contribution in [0.4, 0.5) is 0 Å². The molecule has 1 amide bonds. The molecule has 104 valence electrons. The minimum absolute atomic E-state index is 0.0642. The molecule has 0 spiro atoms. The van der Waals surface area contributed by atoms with Crippen LogP contribution < -0.4 is 11.2 Å². The largest absolute Gasteiger partial charge is 0.481 e. The maximum atomic E-state index is 11.8. The fourth-order valence-corrected chi connectivity index (χ4v) is 1.39. The molecule has 0 bridgehead atoms. The predicted octanol–water partition coefficient (Wildman–Crippen LogP) is -1.52. The smallest absolute Gasteiger partial charge is 0.331 e. The standard InChI is InChI=1S/C11H15N3O5/c1-12(5-4-10(17)18)9(16)7-14-6-3-8(15)13(2)11(14)19/h3,6H,4-5,7H2,1-2H3,(H,17,18). The number of carbonyl (C=O) groups excluding carboxylic acids is 1. The molecule has 0 fully saturated rings. The van der Waals surface area contributed by atoms with Gasteiger partial charge in [0.1, 0.15) is 6.54 Å². The molecule has 8 heteroatoms. The lowest BCUT2D eigenvalue weighted by Gasteiger charge is -2.16. The van der Waals surface area contributed by atoms with Gasteiger partial charge in [0.25, 0.3) is 5.56 Å². The van der Waals surface area contributed by atoms with Gasteiger partial charge in [0, 0.05) is 32.9 Å². The molecule has 0 aliphatic heterocycles. The summed E-state index contributed by atoms with van der Waals surface area (Å²) in [6.07, 6.45) is 1.08. The summed E-state index contributed by atoms with van der Waals surface area (Å²) < 4.78 is 1.99. The lowest BCUT2D eigenvalue weighted by molar-refractivity contribution is -0.138. The summed E-state index contributed by atoms with van der Waals surface area (Å²) in [5.41, 5.74) is -1.04. The first-order valence-electron chi connectivity index (χ1n) is 5.55. The SMILES string of the molecule is CN(CCC(=O)O)C(=O)Cn1ccc(=O)n(C)c1=O. The highest BCUT2D eigenvalue weighted by Gasteiger charge is 2.12. The molecule has 1 aromatic heterocycles. The zero-order chi connectivity index (χ0) is 14.6. The number of carboxylic acids is 1. The Morgan fingerprint density at radius 2 is 2.00 bits per heavy atom. The molecule has 1 N–H and O–H groups in total. The fourth-order valence-electron chi connectivity index (χ4n) is 1.39. The summed E-state index contributed by atoms with van der Waals surface area (Å²) in [6, 6.07) is 1.19. The van der Waals surface area contributed by atoms with E-state index in [4.69, 9.17) is 5.11 Å². The third-order valence-corrected chi connectivity index (χ3v) is 2.65. The van der Waals surface area contributed by atoms with Gasteiger partial charge in [-0.25, -0.2) is 4.79 Å². The van der Waals surface area contributed by atoms with Gasteiger partial charge in [0.15, 0.2) is 0 Å². The first-order chi connectivity index (χ1) is 8.82. The van der Waals surface area contributed by atoms with Crippen molar-refractivity contribution in [1.82, 2.24) is 14.0 Å². The first kappa shape index (κ1) is 14.7. The van der Waals surface area contributed by atoms with Crippen molar-refractivity contribution < 1.29 is 14.7 Å². The Bertz CT molecular complexity index is 601. The first-order valence-corrected chi connectivity index (χ1v) is 5.55. The van der Waals surface area contributed by atoms with Gasteiger partial charge in [-0.3, -0.25) is 23.5 Å². The van der Waals surface area contributed by atoms with E-state index in [0.717, 1.165) is 9.13 Å². The van der Waals surface area contributed by atoms with E-state index >= 15 is 0 Å². The quantitative estimate of drug-likeness (QED) is 0.699. The number of aromatic nitrogens is 2. The van der Waals surface area contributed by atoms with Crippen molar-refractivity contribution in [2.45, 2.75) is 13.0 Å². The fraction of sp³-hybridized carbons (Fsp3) is 0.455. The van der Waals surface area contributed by atoms with Gasteiger partial charge in [-0.15, -0.1) is 0 Å². The second kappa shape index (κ2) is 5.98. The second-order valence-corrected chi connectivity index (χ2v) is 4.08. The van der Waals surface area contributed by atoms with Gasteiger partial charge in [-0.2, -0.15) is 0 Å². The molecule has 19 heavy (non-hydrogen) atoms. The van der Waals surface area contributed by atoms with Crippen LogP contribution in [0.1, 0.15) is 6.42 Å². The number of rotatable bonds is 5. The Balaban J connectivity index is 2.78. The van der Waals surface area contributed by atoms with E-state index in [0.29, 0.717) is 0 Å². The Morgan fingerprint density at radius 1 is 1.37 bits per heavy atom. The Hall–Kier alpha value is -2.38. The number of nitrogens with zero attached hydrogens (tertiary/aromatic N) is 3. The van der Waals surface area contributed by atoms with Gasteiger partial charge >= 0.3 is 11.7 Å². The van der Waals surface area contributed by atoms with Crippen LogP contribution in [-0.4, -0.2) is 44.6 Å². The van der Waals surface area contributed by atoms with E-state index in [1.54, 1.807) is 0 Å². The molecule has 0 radical (unpaired) electrons. The van der Waals surface area contributed by atoms with Crippen molar-refractivity contribution in [3.63, 3.8) is 0 Å². The summed E-state index contributed by atoms with van der Waals surface area (Å²) in [7, 11) is 2.78. The molecule has 0 saturated heterocycles. The van der Waals surface area contributed by atoms with E-state index in [-0.39, 0.29) is 19.5 Å². The van der Waals surface area contributed by atoms with Crippen molar-refractivity contribution in [3.05, 3.63) is 33.1 Å². The number of carbonyl (C=O) groups is 2.